The van der Waals surface area contributed by atoms with Gasteiger partial charge in [0.2, 0.25) is 5.91 Å². The Bertz CT molecular complexity index is 1180. The number of carbonyl (C=O) groups is 2. The van der Waals surface area contributed by atoms with Crippen molar-refractivity contribution < 1.29 is 14.0 Å². The van der Waals surface area contributed by atoms with Crippen molar-refractivity contribution in [3.63, 3.8) is 0 Å². The molecule has 6 heteroatoms. The first-order valence-corrected chi connectivity index (χ1v) is 11.7. The average molecular weight is 445 g/mol. The van der Waals surface area contributed by atoms with Gasteiger partial charge in [-0.1, -0.05) is 54.6 Å². The van der Waals surface area contributed by atoms with Crippen molar-refractivity contribution >= 4 is 34.1 Å². The number of nitrogens with one attached hydrogen (secondary N) is 1. The first kappa shape index (κ1) is 20.5. The molecule has 5 rings (SSSR count). The van der Waals surface area contributed by atoms with E-state index in [0.717, 1.165) is 34.3 Å². The molecule has 2 aromatic heterocycles. The fourth-order valence-electron chi connectivity index (χ4n) is 4.30. The Morgan fingerprint density at radius 1 is 1.03 bits per heavy atom. The zero-order valence-corrected chi connectivity index (χ0v) is 18.4. The third-order valence-corrected chi connectivity index (χ3v) is 6.82. The van der Waals surface area contributed by atoms with E-state index in [9.17, 15) is 9.59 Å². The zero-order valence-electron chi connectivity index (χ0n) is 17.6. The van der Waals surface area contributed by atoms with Crippen molar-refractivity contribution in [2.24, 2.45) is 5.92 Å². The van der Waals surface area contributed by atoms with Crippen LogP contribution in [0.15, 0.2) is 82.6 Å². The van der Waals surface area contributed by atoms with Crippen LogP contribution in [-0.4, -0.2) is 29.8 Å². The Hall–Kier alpha value is -3.38. The fourth-order valence-corrected chi connectivity index (χ4v) is 4.99. The highest BCUT2D eigenvalue weighted by Gasteiger charge is 2.31. The second-order valence-corrected chi connectivity index (χ2v) is 9.05. The highest BCUT2D eigenvalue weighted by Crippen LogP contribution is 2.29. The number of fused-ring (bicyclic) bond motifs is 1. The minimum absolute atomic E-state index is 0.00870. The quantitative estimate of drug-likeness (QED) is 0.457. The van der Waals surface area contributed by atoms with Gasteiger partial charge in [0.1, 0.15) is 17.4 Å². The smallest absolute Gasteiger partial charge is 0.263 e. The molecule has 1 aliphatic heterocycles. The summed E-state index contributed by atoms with van der Waals surface area (Å²) in [7, 11) is 0. The van der Waals surface area contributed by atoms with E-state index in [0.29, 0.717) is 18.8 Å². The predicted octanol–water partition coefficient (Wildman–Crippen LogP) is 5.25. The third kappa shape index (κ3) is 4.18. The molecule has 0 aliphatic carbocycles. The standard InChI is InChI=1S/C26H24N2O3S/c29-25(20-11-6-14-28(17-20)26(30)23-13-7-15-32-23)27-24(18-8-2-1-3-9-18)22-16-19-10-4-5-12-21(19)31-22/h1-5,7-10,12-13,15-16,20,24H,6,11,14,17H2,(H,27,29)/t20-,24-/m0/s1. The Kier molecular flexibility index (Phi) is 5.77. The molecule has 162 valence electrons. The maximum absolute atomic E-state index is 13.3. The summed E-state index contributed by atoms with van der Waals surface area (Å²) in [5.74, 6) is 0.411. The lowest BCUT2D eigenvalue weighted by atomic mass is 9.95. The van der Waals surface area contributed by atoms with Gasteiger partial charge in [-0.3, -0.25) is 9.59 Å². The highest BCUT2D eigenvalue weighted by molar-refractivity contribution is 7.12. The van der Waals surface area contributed by atoms with Gasteiger partial charge < -0.3 is 14.6 Å². The van der Waals surface area contributed by atoms with Crippen molar-refractivity contribution in [3.05, 3.63) is 94.4 Å². The number of piperidine rings is 1. The zero-order chi connectivity index (χ0) is 21.9. The number of hydrogen-bond donors (Lipinski definition) is 1. The Morgan fingerprint density at radius 2 is 1.84 bits per heavy atom. The van der Waals surface area contributed by atoms with E-state index in [2.05, 4.69) is 5.32 Å². The Labute approximate surface area is 190 Å². The van der Waals surface area contributed by atoms with Gasteiger partial charge in [-0.2, -0.15) is 0 Å². The lowest BCUT2D eigenvalue weighted by Crippen LogP contribution is -2.46. The maximum atomic E-state index is 13.3. The Morgan fingerprint density at radius 3 is 2.62 bits per heavy atom. The molecule has 0 unspecified atom stereocenters. The first-order valence-electron chi connectivity index (χ1n) is 10.9. The van der Waals surface area contributed by atoms with Crippen molar-refractivity contribution in [2.75, 3.05) is 13.1 Å². The number of likely N-dealkylation sites (tertiary alicyclic amines) is 1. The molecule has 32 heavy (non-hydrogen) atoms. The molecule has 2 atom stereocenters. The minimum atomic E-state index is -0.389. The average Bonchev–Trinajstić information content (AvgIpc) is 3.52. The number of hydrogen-bond acceptors (Lipinski definition) is 4. The third-order valence-electron chi connectivity index (χ3n) is 5.96. The van der Waals surface area contributed by atoms with Crippen molar-refractivity contribution in [1.29, 1.82) is 0 Å². The molecular formula is C26H24N2O3S. The largest absolute Gasteiger partial charge is 0.459 e. The highest BCUT2D eigenvalue weighted by atomic mass is 32.1. The van der Waals surface area contributed by atoms with E-state index in [1.54, 1.807) is 4.90 Å². The molecule has 1 fully saturated rings. The first-order chi connectivity index (χ1) is 15.7. The number of benzene rings is 2. The summed E-state index contributed by atoms with van der Waals surface area (Å²) >= 11 is 1.44. The van der Waals surface area contributed by atoms with Gasteiger partial charge in [-0.25, -0.2) is 0 Å². The summed E-state index contributed by atoms with van der Waals surface area (Å²) in [4.78, 5) is 28.6. The summed E-state index contributed by atoms with van der Waals surface area (Å²) in [5.41, 5.74) is 1.75. The topological polar surface area (TPSA) is 62.6 Å². The van der Waals surface area contributed by atoms with Crippen LogP contribution in [0.25, 0.3) is 11.0 Å². The second-order valence-electron chi connectivity index (χ2n) is 8.11. The summed E-state index contributed by atoms with van der Waals surface area (Å²) in [6.45, 7) is 1.12. The van der Waals surface area contributed by atoms with Crippen LogP contribution < -0.4 is 5.32 Å². The molecule has 0 bridgehead atoms. The lowest BCUT2D eigenvalue weighted by Gasteiger charge is -2.32. The summed E-state index contributed by atoms with van der Waals surface area (Å²) in [5, 5.41) is 6.11. The minimum Gasteiger partial charge on any atom is -0.459 e. The number of carbonyl (C=O) groups excluding carboxylic acids is 2. The monoisotopic (exact) mass is 444 g/mol. The molecule has 2 amide bonds. The maximum Gasteiger partial charge on any atom is 0.263 e. The SMILES string of the molecule is O=C(N[C@@H](c1ccccc1)c1cc2ccccc2o1)[C@H]1CCCN(C(=O)c2cccs2)C1. The predicted molar refractivity (Wildman–Crippen MR) is 126 cm³/mol. The van der Waals surface area contributed by atoms with E-state index < -0.39 is 0 Å². The number of nitrogens with zero attached hydrogens (tertiary/aromatic N) is 1. The number of furan rings is 1. The molecule has 0 spiro atoms. The van der Waals surface area contributed by atoms with Crippen LogP contribution in [-0.2, 0) is 4.79 Å². The van der Waals surface area contributed by atoms with Gasteiger partial charge in [0.05, 0.1) is 10.8 Å². The van der Waals surface area contributed by atoms with Crippen molar-refractivity contribution in [3.8, 4) is 0 Å². The van der Waals surface area contributed by atoms with E-state index in [4.69, 9.17) is 4.42 Å². The van der Waals surface area contributed by atoms with E-state index in [1.165, 1.54) is 11.3 Å². The van der Waals surface area contributed by atoms with Gasteiger partial charge in [0.25, 0.3) is 5.91 Å². The van der Waals surface area contributed by atoms with Crippen LogP contribution in [0.1, 0.15) is 39.9 Å². The molecule has 3 heterocycles. The summed E-state index contributed by atoms with van der Waals surface area (Å²) in [6.07, 6.45) is 1.58. The van der Waals surface area contributed by atoms with Gasteiger partial charge in [-0.15, -0.1) is 11.3 Å². The van der Waals surface area contributed by atoms with Gasteiger partial charge >= 0.3 is 0 Å². The van der Waals surface area contributed by atoms with Crippen LogP contribution in [0, 0.1) is 5.92 Å². The fraction of sp³-hybridized carbons (Fsp3) is 0.231. The van der Waals surface area contributed by atoms with Crippen LogP contribution in [0.3, 0.4) is 0 Å². The molecule has 1 aliphatic rings. The summed E-state index contributed by atoms with van der Waals surface area (Å²) in [6, 6.07) is 23.0. The molecule has 1 saturated heterocycles. The van der Waals surface area contributed by atoms with E-state index >= 15 is 0 Å². The number of rotatable bonds is 5. The molecule has 5 nitrogen and oxygen atoms in total. The van der Waals surface area contributed by atoms with Crippen LogP contribution in [0.5, 0.6) is 0 Å². The molecule has 0 saturated carbocycles. The van der Waals surface area contributed by atoms with Gasteiger partial charge in [-0.05, 0) is 42.0 Å². The van der Waals surface area contributed by atoms with Crippen molar-refractivity contribution in [2.45, 2.75) is 18.9 Å². The molecule has 1 N–H and O–H groups in total. The number of thiophene rings is 1. The molecule has 0 radical (unpaired) electrons. The van der Waals surface area contributed by atoms with E-state index in [1.807, 2.05) is 78.2 Å². The van der Waals surface area contributed by atoms with Gasteiger partial charge in [0.15, 0.2) is 0 Å². The van der Waals surface area contributed by atoms with Crippen molar-refractivity contribution in [1.82, 2.24) is 10.2 Å². The second kappa shape index (κ2) is 9.01. The van der Waals surface area contributed by atoms with Crippen LogP contribution in [0.4, 0.5) is 0 Å². The number of amides is 2. The van der Waals surface area contributed by atoms with E-state index in [-0.39, 0.29) is 23.8 Å². The van der Waals surface area contributed by atoms with Gasteiger partial charge in [0, 0.05) is 18.5 Å². The Balaban J connectivity index is 1.37. The normalized spacial score (nSPS) is 17.2. The number of para-hydroxylation sites is 1. The summed E-state index contributed by atoms with van der Waals surface area (Å²) < 4.78 is 6.10. The van der Waals surface area contributed by atoms with Crippen LogP contribution >= 0.6 is 11.3 Å². The molecule has 4 aromatic rings. The molecular weight excluding hydrogens is 420 g/mol. The van der Waals surface area contributed by atoms with Crippen LogP contribution in [0.2, 0.25) is 0 Å². The molecule has 2 aromatic carbocycles. The lowest BCUT2D eigenvalue weighted by molar-refractivity contribution is -0.127.